The molecule has 6 heteroatoms. The summed E-state index contributed by atoms with van der Waals surface area (Å²) < 4.78 is 1.79. The number of anilines is 2. The standard InChI is InChI=1S/C19H18ClN3O2/c1-12-10-14(11-13(2)17(12)18(20)19(24)25)21-16-8-9-23(22-16)15-6-4-3-5-7-15/h3-11,18H,1-2H3,(H,21,22)(H,24,25). The third-order valence-corrected chi connectivity index (χ3v) is 4.35. The normalized spacial score (nSPS) is 12.0. The molecule has 5 nitrogen and oxygen atoms in total. The summed E-state index contributed by atoms with van der Waals surface area (Å²) in [6, 6.07) is 15.5. The number of carboxylic acid groups (broad SMARTS) is 1. The monoisotopic (exact) mass is 355 g/mol. The number of nitrogens with zero attached hydrogens (tertiary/aromatic N) is 2. The van der Waals surface area contributed by atoms with Crippen molar-refractivity contribution in [1.29, 1.82) is 0 Å². The van der Waals surface area contributed by atoms with E-state index in [0.29, 0.717) is 11.4 Å². The van der Waals surface area contributed by atoms with Crippen LogP contribution in [0.2, 0.25) is 0 Å². The van der Waals surface area contributed by atoms with E-state index >= 15 is 0 Å². The van der Waals surface area contributed by atoms with Gasteiger partial charge in [-0.15, -0.1) is 11.6 Å². The van der Waals surface area contributed by atoms with Gasteiger partial charge in [-0.25, -0.2) is 4.68 Å². The van der Waals surface area contributed by atoms with Gasteiger partial charge >= 0.3 is 5.97 Å². The van der Waals surface area contributed by atoms with Gasteiger partial charge < -0.3 is 10.4 Å². The molecule has 0 aliphatic heterocycles. The van der Waals surface area contributed by atoms with Crippen LogP contribution in [0.4, 0.5) is 11.5 Å². The number of carboxylic acids is 1. The van der Waals surface area contributed by atoms with Crippen LogP contribution in [0.1, 0.15) is 22.1 Å². The first-order chi connectivity index (χ1) is 12.0. The van der Waals surface area contributed by atoms with E-state index in [9.17, 15) is 4.79 Å². The number of nitrogens with one attached hydrogen (secondary N) is 1. The molecule has 0 aliphatic rings. The van der Waals surface area contributed by atoms with Crippen LogP contribution in [0.15, 0.2) is 54.7 Å². The Balaban J connectivity index is 1.85. The molecule has 0 saturated heterocycles. The van der Waals surface area contributed by atoms with Crippen molar-refractivity contribution in [3.63, 3.8) is 0 Å². The molecule has 1 unspecified atom stereocenters. The fourth-order valence-electron chi connectivity index (χ4n) is 2.83. The Kier molecular flexibility index (Phi) is 4.76. The highest BCUT2D eigenvalue weighted by molar-refractivity contribution is 6.29. The van der Waals surface area contributed by atoms with E-state index in [4.69, 9.17) is 16.7 Å². The Bertz CT molecular complexity index is 883. The number of aryl methyl sites for hydroxylation is 2. The second-order valence-corrected chi connectivity index (χ2v) is 6.27. The Morgan fingerprint density at radius 2 is 1.80 bits per heavy atom. The molecule has 0 fully saturated rings. The Hall–Kier alpha value is -2.79. The number of alkyl halides is 1. The summed E-state index contributed by atoms with van der Waals surface area (Å²) in [5.74, 6) is -0.341. The Labute approximate surface area is 150 Å². The highest BCUT2D eigenvalue weighted by atomic mass is 35.5. The molecule has 128 valence electrons. The summed E-state index contributed by atoms with van der Waals surface area (Å²) >= 11 is 6.00. The lowest BCUT2D eigenvalue weighted by molar-refractivity contribution is -0.136. The molecule has 0 bridgehead atoms. The largest absolute Gasteiger partial charge is 0.480 e. The first-order valence-corrected chi connectivity index (χ1v) is 8.25. The van der Waals surface area contributed by atoms with Crippen molar-refractivity contribution in [3.8, 4) is 5.69 Å². The van der Waals surface area contributed by atoms with E-state index in [2.05, 4.69) is 10.4 Å². The number of para-hydroxylation sites is 1. The third-order valence-electron chi connectivity index (χ3n) is 3.95. The number of hydrogen-bond donors (Lipinski definition) is 2. The van der Waals surface area contributed by atoms with E-state index in [1.165, 1.54) is 0 Å². The molecule has 0 radical (unpaired) electrons. The lowest BCUT2D eigenvalue weighted by Crippen LogP contribution is -2.09. The minimum atomic E-state index is -1.05. The second kappa shape index (κ2) is 6.99. The van der Waals surface area contributed by atoms with Crippen molar-refractivity contribution >= 4 is 29.1 Å². The number of rotatable bonds is 5. The Morgan fingerprint density at radius 3 is 2.40 bits per heavy atom. The van der Waals surface area contributed by atoms with E-state index in [0.717, 1.165) is 22.5 Å². The van der Waals surface area contributed by atoms with Crippen molar-refractivity contribution in [1.82, 2.24) is 9.78 Å². The van der Waals surface area contributed by atoms with E-state index < -0.39 is 11.3 Å². The summed E-state index contributed by atoms with van der Waals surface area (Å²) in [5.41, 5.74) is 4.10. The van der Waals surface area contributed by atoms with Crippen LogP contribution in [0, 0.1) is 13.8 Å². The van der Waals surface area contributed by atoms with Crippen molar-refractivity contribution in [2.24, 2.45) is 0 Å². The fourth-order valence-corrected chi connectivity index (χ4v) is 3.18. The minimum absolute atomic E-state index is 0.634. The van der Waals surface area contributed by atoms with Gasteiger partial charge in [0.05, 0.1) is 5.69 Å². The van der Waals surface area contributed by atoms with Crippen LogP contribution in [-0.2, 0) is 4.79 Å². The van der Waals surface area contributed by atoms with Crippen molar-refractivity contribution in [3.05, 3.63) is 71.4 Å². The summed E-state index contributed by atoms with van der Waals surface area (Å²) in [5, 5.41) is 15.8. The van der Waals surface area contributed by atoms with Crippen molar-refractivity contribution < 1.29 is 9.90 Å². The molecule has 0 aliphatic carbocycles. The number of carbonyl (C=O) groups is 1. The molecule has 1 heterocycles. The molecule has 1 aromatic heterocycles. The first kappa shape index (κ1) is 17.0. The maximum atomic E-state index is 11.2. The Morgan fingerprint density at radius 1 is 1.16 bits per heavy atom. The minimum Gasteiger partial charge on any atom is -0.480 e. The first-order valence-electron chi connectivity index (χ1n) is 7.82. The molecular weight excluding hydrogens is 338 g/mol. The van der Waals surface area contributed by atoms with Crippen molar-refractivity contribution in [2.75, 3.05) is 5.32 Å². The van der Waals surface area contributed by atoms with Gasteiger partial charge in [0.25, 0.3) is 0 Å². The van der Waals surface area contributed by atoms with Gasteiger partial charge in [-0.1, -0.05) is 18.2 Å². The lowest BCUT2D eigenvalue weighted by atomic mass is 9.98. The zero-order chi connectivity index (χ0) is 18.0. The van der Waals surface area contributed by atoms with Crippen molar-refractivity contribution in [2.45, 2.75) is 19.2 Å². The van der Waals surface area contributed by atoms with Gasteiger partial charge in [0.2, 0.25) is 0 Å². The van der Waals surface area contributed by atoms with Gasteiger partial charge in [0.1, 0.15) is 0 Å². The average molecular weight is 356 g/mol. The predicted molar refractivity (Wildman–Crippen MR) is 99.0 cm³/mol. The van der Waals surface area contributed by atoms with Crippen LogP contribution < -0.4 is 5.32 Å². The number of aliphatic carboxylic acids is 1. The number of benzene rings is 2. The highest BCUT2D eigenvalue weighted by Crippen LogP contribution is 2.31. The molecule has 3 rings (SSSR count). The molecule has 2 aromatic carbocycles. The van der Waals surface area contributed by atoms with Crippen LogP contribution in [-0.4, -0.2) is 20.9 Å². The molecular formula is C19H18ClN3O2. The van der Waals surface area contributed by atoms with E-state index in [-0.39, 0.29) is 0 Å². The molecule has 2 N–H and O–H groups in total. The van der Waals surface area contributed by atoms with Gasteiger partial charge in [0, 0.05) is 18.0 Å². The fraction of sp³-hybridized carbons (Fsp3) is 0.158. The third kappa shape index (κ3) is 3.67. The summed E-state index contributed by atoms with van der Waals surface area (Å²) in [6.07, 6.45) is 1.88. The van der Waals surface area contributed by atoms with Gasteiger partial charge in [-0.05, 0) is 54.8 Å². The van der Waals surface area contributed by atoms with Crippen LogP contribution in [0.25, 0.3) is 5.69 Å². The van der Waals surface area contributed by atoms with Crippen LogP contribution >= 0.6 is 11.6 Å². The zero-order valence-corrected chi connectivity index (χ0v) is 14.7. The lowest BCUT2D eigenvalue weighted by Gasteiger charge is -2.15. The average Bonchev–Trinajstić information content (AvgIpc) is 3.03. The second-order valence-electron chi connectivity index (χ2n) is 5.83. The molecule has 1 atom stereocenters. The predicted octanol–water partition coefficient (Wildman–Crippen LogP) is 4.60. The summed E-state index contributed by atoms with van der Waals surface area (Å²) in [4.78, 5) is 11.2. The smallest absolute Gasteiger partial charge is 0.326 e. The zero-order valence-electron chi connectivity index (χ0n) is 13.9. The van der Waals surface area contributed by atoms with E-state index in [1.54, 1.807) is 4.68 Å². The van der Waals surface area contributed by atoms with Gasteiger partial charge in [0.15, 0.2) is 11.2 Å². The molecule has 0 saturated carbocycles. The van der Waals surface area contributed by atoms with Gasteiger partial charge in [-0.2, -0.15) is 5.10 Å². The summed E-state index contributed by atoms with van der Waals surface area (Å²) in [7, 11) is 0. The molecule has 3 aromatic rings. The molecule has 25 heavy (non-hydrogen) atoms. The number of halogens is 1. The number of aromatic nitrogens is 2. The SMILES string of the molecule is Cc1cc(Nc2ccn(-c3ccccc3)n2)cc(C)c1C(Cl)C(=O)O. The molecule has 0 amide bonds. The van der Waals surface area contributed by atoms with Crippen LogP contribution in [0.5, 0.6) is 0 Å². The van der Waals surface area contributed by atoms with Gasteiger partial charge in [-0.3, -0.25) is 4.79 Å². The maximum absolute atomic E-state index is 11.2. The topological polar surface area (TPSA) is 67.2 Å². The van der Waals surface area contributed by atoms with E-state index in [1.807, 2.05) is 68.6 Å². The maximum Gasteiger partial charge on any atom is 0.326 e. The van der Waals surface area contributed by atoms with Crippen LogP contribution in [0.3, 0.4) is 0 Å². The molecule has 0 spiro atoms. The number of hydrogen-bond acceptors (Lipinski definition) is 3. The summed E-state index contributed by atoms with van der Waals surface area (Å²) in [6.45, 7) is 3.71. The quantitative estimate of drug-likeness (QED) is 0.656. The highest BCUT2D eigenvalue weighted by Gasteiger charge is 2.21.